The van der Waals surface area contributed by atoms with Crippen LogP contribution in [0.15, 0.2) is 59.2 Å². The molecule has 0 saturated carbocycles. The highest BCUT2D eigenvalue weighted by Crippen LogP contribution is 2.23. The average molecular weight is 384 g/mol. The van der Waals surface area contributed by atoms with Crippen molar-refractivity contribution in [2.45, 2.75) is 6.54 Å². The van der Waals surface area contributed by atoms with Gasteiger partial charge >= 0.3 is 11.8 Å². The first-order valence-corrected chi connectivity index (χ1v) is 8.79. The third kappa shape index (κ3) is 4.42. The van der Waals surface area contributed by atoms with Crippen LogP contribution in [-0.2, 0) is 16.1 Å². The molecule has 0 aliphatic carbocycles. The SMILES string of the molecule is COc1ccccc1NC(=O)C(=O)NCc1ccc(C(=O)c2ccco2)s1. The molecule has 2 heterocycles. The van der Waals surface area contributed by atoms with Crippen LogP contribution in [0.3, 0.4) is 0 Å². The minimum absolute atomic E-state index is 0.133. The van der Waals surface area contributed by atoms with E-state index >= 15 is 0 Å². The molecule has 0 unspecified atom stereocenters. The monoisotopic (exact) mass is 384 g/mol. The standard InChI is InChI=1S/C19H16N2O5S/c1-25-14-6-3-2-5-13(14)21-19(24)18(23)20-11-12-8-9-16(27-12)17(22)15-7-4-10-26-15/h2-10H,11H2,1H3,(H,20,23)(H,21,24). The maximum atomic E-state index is 12.2. The Labute approximate surface area is 159 Å². The van der Waals surface area contributed by atoms with E-state index in [9.17, 15) is 14.4 Å². The fourth-order valence-corrected chi connectivity index (χ4v) is 3.19. The van der Waals surface area contributed by atoms with E-state index in [0.29, 0.717) is 16.3 Å². The summed E-state index contributed by atoms with van der Waals surface area (Å²) in [7, 11) is 1.48. The summed E-state index contributed by atoms with van der Waals surface area (Å²) in [5, 5.41) is 5.03. The Morgan fingerprint density at radius 3 is 2.59 bits per heavy atom. The van der Waals surface area contributed by atoms with Gasteiger partial charge < -0.3 is 19.8 Å². The van der Waals surface area contributed by atoms with Crippen molar-refractivity contribution in [3.8, 4) is 5.75 Å². The molecule has 7 nitrogen and oxygen atoms in total. The molecule has 0 spiro atoms. The molecule has 3 aromatic rings. The van der Waals surface area contributed by atoms with Gasteiger partial charge in [-0.1, -0.05) is 12.1 Å². The Bertz CT molecular complexity index is 962. The molecule has 2 aromatic heterocycles. The Morgan fingerprint density at radius 2 is 1.85 bits per heavy atom. The van der Waals surface area contributed by atoms with Gasteiger partial charge in [-0.2, -0.15) is 0 Å². The average Bonchev–Trinajstić information content (AvgIpc) is 3.38. The Balaban J connectivity index is 1.56. The van der Waals surface area contributed by atoms with Gasteiger partial charge in [0.1, 0.15) is 5.75 Å². The summed E-state index contributed by atoms with van der Waals surface area (Å²) in [4.78, 5) is 37.5. The molecule has 2 amide bonds. The molecule has 2 N–H and O–H groups in total. The molecule has 1 aromatic carbocycles. The summed E-state index contributed by atoms with van der Waals surface area (Å²) in [5.41, 5.74) is 0.405. The van der Waals surface area contributed by atoms with Gasteiger partial charge in [-0.05, 0) is 36.4 Å². The number of anilines is 1. The lowest BCUT2D eigenvalue weighted by molar-refractivity contribution is -0.136. The summed E-state index contributed by atoms with van der Waals surface area (Å²) in [5.74, 6) is -1.10. The number of para-hydroxylation sites is 2. The van der Waals surface area contributed by atoms with Crippen LogP contribution < -0.4 is 15.4 Å². The van der Waals surface area contributed by atoms with Gasteiger partial charge in [-0.15, -0.1) is 11.3 Å². The van der Waals surface area contributed by atoms with Gasteiger partial charge in [0.25, 0.3) is 0 Å². The third-order valence-corrected chi connectivity index (χ3v) is 4.70. The number of hydrogen-bond acceptors (Lipinski definition) is 6. The second kappa shape index (κ2) is 8.33. The van der Waals surface area contributed by atoms with Gasteiger partial charge in [0.15, 0.2) is 5.76 Å². The van der Waals surface area contributed by atoms with Crippen LogP contribution in [0, 0.1) is 0 Å². The largest absolute Gasteiger partial charge is 0.495 e. The van der Waals surface area contributed by atoms with Crippen molar-refractivity contribution in [3.05, 3.63) is 70.3 Å². The van der Waals surface area contributed by atoms with E-state index < -0.39 is 11.8 Å². The molecule has 0 radical (unpaired) electrons. The lowest BCUT2D eigenvalue weighted by atomic mass is 10.2. The molecular weight excluding hydrogens is 368 g/mol. The van der Waals surface area contributed by atoms with E-state index in [0.717, 1.165) is 4.88 Å². The van der Waals surface area contributed by atoms with E-state index in [2.05, 4.69) is 10.6 Å². The summed E-state index contributed by atoms with van der Waals surface area (Å²) >= 11 is 1.23. The van der Waals surface area contributed by atoms with Gasteiger partial charge in [-0.3, -0.25) is 14.4 Å². The zero-order chi connectivity index (χ0) is 19.2. The second-order valence-electron chi connectivity index (χ2n) is 5.41. The van der Waals surface area contributed by atoms with Crippen molar-refractivity contribution in [1.29, 1.82) is 0 Å². The predicted octanol–water partition coefficient (Wildman–Crippen LogP) is 2.84. The number of thiophene rings is 1. The molecule has 8 heteroatoms. The molecule has 27 heavy (non-hydrogen) atoms. The minimum atomic E-state index is -0.803. The summed E-state index contributed by atoms with van der Waals surface area (Å²) in [6, 6.07) is 13.4. The summed E-state index contributed by atoms with van der Waals surface area (Å²) in [6.07, 6.45) is 1.43. The second-order valence-corrected chi connectivity index (χ2v) is 6.58. The number of ketones is 1. The van der Waals surface area contributed by atoms with Crippen molar-refractivity contribution in [2.75, 3.05) is 12.4 Å². The van der Waals surface area contributed by atoms with E-state index in [1.165, 1.54) is 24.7 Å². The molecular formula is C19H16N2O5S. The van der Waals surface area contributed by atoms with Crippen LogP contribution in [-0.4, -0.2) is 24.7 Å². The number of rotatable bonds is 6. The van der Waals surface area contributed by atoms with Crippen LogP contribution in [0.5, 0.6) is 5.75 Å². The maximum Gasteiger partial charge on any atom is 0.313 e. The number of benzene rings is 1. The van der Waals surface area contributed by atoms with E-state index in [1.54, 1.807) is 48.5 Å². The van der Waals surface area contributed by atoms with E-state index in [1.807, 2.05) is 0 Å². The van der Waals surface area contributed by atoms with E-state index in [-0.39, 0.29) is 18.1 Å². The number of ether oxygens (including phenoxy) is 1. The summed E-state index contributed by atoms with van der Waals surface area (Å²) in [6.45, 7) is 0.133. The van der Waals surface area contributed by atoms with Crippen LogP contribution in [0.4, 0.5) is 5.69 Å². The molecule has 0 saturated heterocycles. The molecule has 0 bridgehead atoms. The zero-order valence-corrected chi connectivity index (χ0v) is 15.2. The Hall–Kier alpha value is -3.39. The van der Waals surface area contributed by atoms with Crippen LogP contribution in [0.2, 0.25) is 0 Å². The molecule has 0 aliphatic heterocycles. The Kier molecular flexibility index (Phi) is 5.68. The normalized spacial score (nSPS) is 10.3. The van der Waals surface area contributed by atoms with Gasteiger partial charge in [0, 0.05) is 4.88 Å². The van der Waals surface area contributed by atoms with Crippen LogP contribution in [0.25, 0.3) is 0 Å². The number of carbonyl (C=O) groups is 3. The fraction of sp³-hybridized carbons (Fsp3) is 0.105. The van der Waals surface area contributed by atoms with Crippen LogP contribution >= 0.6 is 11.3 Å². The fourth-order valence-electron chi connectivity index (χ4n) is 2.30. The summed E-state index contributed by atoms with van der Waals surface area (Å²) < 4.78 is 10.2. The minimum Gasteiger partial charge on any atom is -0.495 e. The maximum absolute atomic E-state index is 12.2. The first kappa shape index (κ1) is 18.4. The molecule has 138 valence electrons. The topological polar surface area (TPSA) is 97.6 Å². The molecule has 0 aliphatic rings. The number of methoxy groups -OCH3 is 1. The number of carbonyl (C=O) groups excluding carboxylic acids is 3. The van der Waals surface area contributed by atoms with Gasteiger partial charge in [0.05, 0.1) is 30.5 Å². The number of nitrogens with one attached hydrogen (secondary N) is 2. The number of hydrogen-bond donors (Lipinski definition) is 2. The number of furan rings is 1. The van der Waals surface area contributed by atoms with E-state index in [4.69, 9.17) is 9.15 Å². The molecule has 0 atom stereocenters. The predicted molar refractivity (Wildman–Crippen MR) is 99.9 cm³/mol. The highest BCUT2D eigenvalue weighted by Gasteiger charge is 2.17. The zero-order valence-electron chi connectivity index (χ0n) is 14.4. The third-order valence-electron chi connectivity index (χ3n) is 3.61. The molecule has 3 rings (SSSR count). The van der Waals surface area contributed by atoms with Crippen LogP contribution in [0.1, 0.15) is 20.3 Å². The quantitative estimate of drug-likeness (QED) is 0.503. The highest BCUT2D eigenvalue weighted by atomic mass is 32.1. The van der Waals surface area contributed by atoms with Crippen molar-refractivity contribution < 1.29 is 23.5 Å². The Morgan fingerprint density at radius 1 is 1.04 bits per heavy atom. The van der Waals surface area contributed by atoms with Gasteiger partial charge in [0.2, 0.25) is 5.78 Å². The van der Waals surface area contributed by atoms with Crippen molar-refractivity contribution in [3.63, 3.8) is 0 Å². The smallest absolute Gasteiger partial charge is 0.313 e. The first-order valence-electron chi connectivity index (χ1n) is 7.97. The lowest BCUT2D eigenvalue weighted by Crippen LogP contribution is -2.34. The van der Waals surface area contributed by atoms with Gasteiger partial charge in [-0.25, -0.2) is 0 Å². The van der Waals surface area contributed by atoms with Crippen molar-refractivity contribution >= 4 is 34.6 Å². The van der Waals surface area contributed by atoms with Crippen molar-refractivity contribution in [1.82, 2.24) is 5.32 Å². The van der Waals surface area contributed by atoms with Crippen molar-refractivity contribution in [2.24, 2.45) is 0 Å². The molecule has 0 fully saturated rings. The lowest BCUT2D eigenvalue weighted by Gasteiger charge is -2.09. The first-order chi connectivity index (χ1) is 13.1. The number of amides is 2. The highest BCUT2D eigenvalue weighted by molar-refractivity contribution is 7.14.